The van der Waals surface area contributed by atoms with Gasteiger partial charge in [0.2, 0.25) is 0 Å². The van der Waals surface area contributed by atoms with E-state index in [9.17, 15) is 4.39 Å². The number of rotatable bonds is 5. The molecule has 7 heteroatoms. The summed E-state index contributed by atoms with van der Waals surface area (Å²) in [4.78, 5) is 5.11. The zero-order valence-corrected chi connectivity index (χ0v) is 19.9. The minimum atomic E-state index is -0.374. The number of aromatic nitrogens is 3. The molecule has 0 radical (unpaired) electrons. The number of fused-ring (bicyclic) bond motifs is 1. The van der Waals surface area contributed by atoms with Crippen molar-refractivity contribution in [2.45, 2.75) is 45.6 Å². The van der Waals surface area contributed by atoms with Crippen LogP contribution < -0.4 is 0 Å². The van der Waals surface area contributed by atoms with Crippen LogP contribution in [0.15, 0.2) is 40.9 Å². The summed E-state index contributed by atoms with van der Waals surface area (Å²) >= 11 is 7.86. The van der Waals surface area contributed by atoms with E-state index in [1.54, 1.807) is 6.07 Å². The van der Waals surface area contributed by atoms with E-state index >= 15 is 0 Å². The van der Waals surface area contributed by atoms with E-state index in [-0.39, 0.29) is 16.8 Å². The van der Waals surface area contributed by atoms with Crippen LogP contribution in [-0.4, -0.2) is 26.2 Å². The molecular weight excluding hydrogens is 445 g/mol. The molecule has 5 rings (SSSR count). The maximum atomic E-state index is 14.0. The minimum Gasteiger partial charge on any atom is -0.361 e. The molecule has 0 amide bonds. The number of imidazole rings is 1. The summed E-state index contributed by atoms with van der Waals surface area (Å²) in [6.45, 7) is 6.07. The zero-order chi connectivity index (χ0) is 22.4. The lowest BCUT2D eigenvalue weighted by atomic mass is 10.00. The van der Waals surface area contributed by atoms with Crippen LogP contribution in [0.4, 0.5) is 4.39 Å². The molecule has 4 aromatic rings. The highest BCUT2D eigenvalue weighted by atomic mass is 35.5. The molecule has 1 aliphatic heterocycles. The van der Waals surface area contributed by atoms with Crippen molar-refractivity contribution in [3.63, 3.8) is 0 Å². The van der Waals surface area contributed by atoms with Crippen molar-refractivity contribution < 1.29 is 8.91 Å². The number of hydrogen-bond acceptors (Lipinski definition) is 4. The van der Waals surface area contributed by atoms with Gasteiger partial charge in [0.25, 0.3) is 0 Å². The summed E-state index contributed by atoms with van der Waals surface area (Å²) in [5, 5.41) is 4.26. The first-order chi connectivity index (χ1) is 15.4. The van der Waals surface area contributed by atoms with Crippen molar-refractivity contribution in [2.24, 2.45) is 0 Å². The third-order valence-electron chi connectivity index (χ3n) is 6.28. The fraction of sp³-hybridized carbons (Fsp3) is 0.360. The Balaban J connectivity index is 1.58. The number of benzene rings is 2. The van der Waals surface area contributed by atoms with Gasteiger partial charge in [0, 0.05) is 23.3 Å². The first-order valence-electron chi connectivity index (χ1n) is 10.9. The lowest BCUT2D eigenvalue weighted by Crippen LogP contribution is -2.15. The van der Waals surface area contributed by atoms with Crippen LogP contribution in [0.5, 0.6) is 0 Å². The summed E-state index contributed by atoms with van der Waals surface area (Å²) in [5.41, 5.74) is 6.03. The summed E-state index contributed by atoms with van der Waals surface area (Å²) in [5.74, 6) is 3.88. The second-order valence-corrected chi connectivity index (χ2v) is 10.2. The number of nitrogens with zero attached hydrogens (tertiary/aromatic N) is 3. The average molecular weight is 470 g/mol. The SMILES string of the molecule is Cc1noc(C)c1-c1ccc2c(c1)nc(C(C)Cc1ccc(Cl)c(F)c1)n2C1CCSC1. The van der Waals surface area contributed by atoms with E-state index in [1.807, 2.05) is 31.7 Å². The lowest BCUT2D eigenvalue weighted by Gasteiger charge is -2.20. The molecule has 2 aromatic heterocycles. The van der Waals surface area contributed by atoms with Gasteiger partial charge in [0.05, 0.1) is 21.7 Å². The quantitative estimate of drug-likeness (QED) is 0.312. The van der Waals surface area contributed by atoms with Crippen LogP contribution in [0, 0.1) is 19.7 Å². The zero-order valence-electron chi connectivity index (χ0n) is 18.4. The monoisotopic (exact) mass is 469 g/mol. The highest BCUT2D eigenvalue weighted by Gasteiger charge is 2.26. The summed E-state index contributed by atoms with van der Waals surface area (Å²) in [6, 6.07) is 11.9. The van der Waals surface area contributed by atoms with Gasteiger partial charge in [-0.1, -0.05) is 35.8 Å². The molecule has 3 heterocycles. The second-order valence-electron chi connectivity index (χ2n) is 8.61. The van der Waals surface area contributed by atoms with Crippen molar-refractivity contribution in [1.29, 1.82) is 0 Å². The molecule has 166 valence electrons. The molecule has 1 saturated heterocycles. The maximum absolute atomic E-state index is 14.0. The maximum Gasteiger partial charge on any atom is 0.142 e. The third-order valence-corrected chi connectivity index (χ3v) is 7.73. The number of thioether (sulfide) groups is 1. The first kappa shape index (κ1) is 21.5. The Morgan fingerprint density at radius 2 is 2.09 bits per heavy atom. The molecule has 2 unspecified atom stereocenters. The van der Waals surface area contributed by atoms with Gasteiger partial charge in [-0.05, 0) is 67.8 Å². The van der Waals surface area contributed by atoms with Crippen LogP contribution in [0.2, 0.25) is 5.02 Å². The Morgan fingerprint density at radius 3 is 2.78 bits per heavy atom. The van der Waals surface area contributed by atoms with Crippen LogP contribution in [0.1, 0.15) is 48.1 Å². The lowest BCUT2D eigenvalue weighted by molar-refractivity contribution is 0.393. The van der Waals surface area contributed by atoms with Gasteiger partial charge < -0.3 is 9.09 Å². The Kier molecular flexibility index (Phi) is 5.76. The number of aryl methyl sites for hydroxylation is 2. The minimum absolute atomic E-state index is 0.135. The van der Waals surface area contributed by atoms with Gasteiger partial charge in [-0.15, -0.1) is 0 Å². The van der Waals surface area contributed by atoms with Crippen LogP contribution in [0.25, 0.3) is 22.2 Å². The largest absolute Gasteiger partial charge is 0.361 e. The highest BCUT2D eigenvalue weighted by Crippen LogP contribution is 2.37. The molecule has 0 saturated carbocycles. The molecule has 2 atom stereocenters. The summed E-state index contributed by atoms with van der Waals surface area (Å²) in [6.07, 6.45) is 1.84. The summed E-state index contributed by atoms with van der Waals surface area (Å²) in [7, 11) is 0. The van der Waals surface area contributed by atoms with Crippen molar-refractivity contribution in [3.8, 4) is 11.1 Å². The van der Waals surface area contributed by atoms with E-state index < -0.39 is 0 Å². The molecule has 2 aromatic carbocycles. The van der Waals surface area contributed by atoms with E-state index in [0.717, 1.165) is 62.9 Å². The number of halogens is 2. The van der Waals surface area contributed by atoms with Gasteiger partial charge in [-0.3, -0.25) is 0 Å². The topological polar surface area (TPSA) is 43.9 Å². The van der Waals surface area contributed by atoms with Gasteiger partial charge in [-0.25, -0.2) is 9.37 Å². The Labute approximate surface area is 196 Å². The Bertz CT molecular complexity index is 1270. The molecule has 1 fully saturated rings. The van der Waals surface area contributed by atoms with E-state index in [4.69, 9.17) is 21.1 Å². The van der Waals surface area contributed by atoms with E-state index in [1.165, 1.54) is 6.07 Å². The summed E-state index contributed by atoms with van der Waals surface area (Å²) < 4.78 is 21.8. The predicted octanol–water partition coefficient (Wildman–Crippen LogP) is 7.12. The second kappa shape index (κ2) is 8.56. The molecular formula is C25H25ClFN3OS. The van der Waals surface area contributed by atoms with Gasteiger partial charge in [-0.2, -0.15) is 11.8 Å². The average Bonchev–Trinajstić information content (AvgIpc) is 3.49. The van der Waals surface area contributed by atoms with Gasteiger partial charge in [0.15, 0.2) is 0 Å². The molecule has 0 bridgehead atoms. The van der Waals surface area contributed by atoms with Crippen molar-refractivity contribution in [1.82, 2.24) is 14.7 Å². The van der Waals surface area contributed by atoms with Crippen molar-refractivity contribution in [2.75, 3.05) is 11.5 Å². The predicted molar refractivity (Wildman–Crippen MR) is 129 cm³/mol. The fourth-order valence-electron chi connectivity index (χ4n) is 4.74. The Hall–Kier alpha value is -2.31. The van der Waals surface area contributed by atoms with Crippen LogP contribution in [0.3, 0.4) is 0 Å². The van der Waals surface area contributed by atoms with Crippen molar-refractivity contribution in [3.05, 3.63) is 70.1 Å². The molecule has 1 aliphatic rings. The van der Waals surface area contributed by atoms with Gasteiger partial charge in [0.1, 0.15) is 17.4 Å². The molecule has 4 nitrogen and oxygen atoms in total. The van der Waals surface area contributed by atoms with Crippen LogP contribution in [-0.2, 0) is 6.42 Å². The third kappa shape index (κ3) is 3.84. The molecule has 0 N–H and O–H groups in total. The molecule has 0 spiro atoms. The normalized spacial score (nSPS) is 17.3. The van der Waals surface area contributed by atoms with Crippen molar-refractivity contribution >= 4 is 34.4 Å². The Morgan fingerprint density at radius 1 is 1.25 bits per heavy atom. The van der Waals surface area contributed by atoms with Crippen LogP contribution >= 0.6 is 23.4 Å². The van der Waals surface area contributed by atoms with E-state index in [0.29, 0.717) is 12.5 Å². The first-order valence-corrected chi connectivity index (χ1v) is 12.4. The smallest absolute Gasteiger partial charge is 0.142 e. The van der Waals surface area contributed by atoms with E-state index in [2.05, 4.69) is 34.8 Å². The molecule has 32 heavy (non-hydrogen) atoms. The fourth-order valence-corrected chi connectivity index (χ4v) is 6.05. The standard InChI is InChI=1S/C25H25ClFN3OS/c1-14(10-17-4-6-20(26)21(27)11-17)25-28-22-12-18(24-15(2)29-31-16(24)3)5-7-23(22)30(25)19-8-9-32-13-19/h4-7,11-12,14,19H,8-10,13H2,1-3H3. The number of hydrogen-bond donors (Lipinski definition) is 0. The molecule has 0 aliphatic carbocycles. The van der Waals surface area contributed by atoms with Gasteiger partial charge >= 0.3 is 0 Å². The highest BCUT2D eigenvalue weighted by molar-refractivity contribution is 7.99.